The van der Waals surface area contributed by atoms with E-state index in [1.807, 2.05) is 43.9 Å². The predicted octanol–water partition coefficient (Wildman–Crippen LogP) is 4.17. The van der Waals surface area contributed by atoms with Crippen molar-refractivity contribution in [2.24, 2.45) is 0 Å². The predicted molar refractivity (Wildman–Crippen MR) is 117 cm³/mol. The number of halogens is 1. The van der Waals surface area contributed by atoms with Crippen LogP contribution in [-0.4, -0.2) is 52.9 Å². The number of hydrogen-bond acceptors (Lipinski definition) is 4. The van der Waals surface area contributed by atoms with Gasteiger partial charge in [-0.2, -0.15) is 0 Å². The van der Waals surface area contributed by atoms with Crippen LogP contribution < -0.4 is 5.32 Å². The molecule has 1 aromatic carbocycles. The van der Waals surface area contributed by atoms with Gasteiger partial charge in [0, 0.05) is 31.7 Å². The van der Waals surface area contributed by atoms with Crippen molar-refractivity contribution < 1.29 is 9.59 Å². The fraction of sp³-hybridized carbons (Fsp3) is 0.476. The highest BCUT2D eigenvalue weighted by atomic mass is 35.5. The SMILES string of the molecule is Cc1nc(C)c(C(=O)N2CCCC(N(C)C(=O)NCc3ccc(Cl)c(C)c3)C2)s1. The molecule has 1 unspecified atom stereocenters. The Morgan fingerprint density at radius 2 is 2.10 bits per heavy atom. The second-order valence-electron chi connectivity index (χ2n) is 7.55. The largest absolute Gasteiger partial charge is 0.336 e. The average Bonchev–Trinajstić information content (AvgIpc) is 3.05. The van der Waals surface area contributed by atoms with Gasteiger partial charge in [-0.1, -0.05) is 23.7 Å². The summed E-state index contributed by atoms with van der Waals surface area (Å²) in [5.74, 6) is 0.0169. The molecular formula is C21H27ClN4O2S. The van der Waals surface area contributed by atoms with Gasteiger partial charge in [0.25, 0.3) is 5.91 Å². The summed E-state index contributed by atoms with van der Waals surface area (Å²) in [7, 11) is 1.79. The highest BCUT2D eigenvalue weighted by Crippen LogP contribution is 2.23. The zero-order chi connectivity index (χ0) is 21.1. The first-order valence-corrected chi connectivity index (χ1v) is 10.9. The fourth-order valence-corrected chi connectivity index (χ4v) is 4.62. The van der Waals surface area contributed by atoms with Crippen LogP contribution in [0.1, 0.15) is 44.3 Å². The molecule has 1 saturated heterocycles. The van der Waals surface area contributed by atoms with Gasteiger partial charge < -0.3 is 15.1 Å². The van der Waals surface area contributed by atoms with Crippen LogP contribution in [0.2, 0.25) is 5.02 Å². The van der Waals surface area contributed by atoms with Crippen molar-refractivity contribution >= 4 is 34.9 Å². The monoisotopic (exact) mass is 434 g/mol. The number of rotatable bonds is 4. The van der Waals surface area contributed by atoms with E-state index in [9.17, 15) is 9.59 Å². The van der Waals surface area contributed by atoms with Crippen LogP contribution in [0, 0.1) is 20.8 Å². The van der Waals surface area contributed by atoms with Gasteiger partial charge in [0.1, 0.15) is 4.88 Å². The van der Waals surface area contributed by atoms with Crippen molar-refractivity contribution in [1.29, 1.82) is 0 Å². The smallest absolute Gasteiger partial charge is 0.317 e. The summed E-state index contributed by atoms with van der Waals surface area (Å²) in [5.41, 5.74) is 2.77. The van der Waals surface area contributed by atoms with Gasteiger partial charge >= 0.3 is 6.03 Å². The maximum Gasteiger partial charge on any atom is 0.317 e. The second kappa shape index (κ2) is 9.13. The summed E-state index contributed by atoms with van der Waals surface area (Å²) in [5, 5.41) is 4.58. The number of thiazole rings is 1. The first kappa shape index (κ1) is 21.6. The Morgan fingerprint density at radius 1 is 1.34 bits per heavy atom. The summed E-state index contributed by atoms with van der Waals surface area (Å²) in [6, 6.07) is 5.59. The lowest BCUT2D eigenvalue weighted by Gasteiger charge is -2.37. The Morgan fingerprint density at radius 3 is 2.76 bits per heavy atom. The van der Waals surface area contributed by atoms with E-state index < -0.39 is 0 Å². The molecule has 0 aliphatic carbocycles. The lowest BCUT2D eigenvalue weighted by atomic mass is 10.0. The van der Waals surface area contributed by atoms with Crippen LogP contribution in [0.3, 0.4) is 0 Å². The molecule has 2 heterocycles. The quantitative estimate of drug-likeness (QED) is 0.785. The highest BCUT2D eigenvalue weighted by Gasteiger charge is 2.30. The van der Waals surface area contributed by atoms with Crippen LogP contribution in [0.4, 0.5) is 4.79 Å². The first-order chi connectivity index (χ1) is 13.8. The number of nitrogens with zero attached hydrogens (tertiary/aromatic N) is 3. The minimum absolute atomic E-state index is 0.00558. The van der Waals surface area contributed by atoms with Crippen molar-refractivity contribution in [2.75, 3.05) is 20.1 Å². The Kier molecular flexibility index (Phi) is 6.80. The van der Waals surface area contributed by atoms with Gasteiger partial charge in [0.2, 0.25) is 0 Å². The Hall–Kier alpha value is -2.12. The number of likely N-dealkylation sites (N-methyl/N-ethyl adjacent to an activating group) is 1. The van der Waals surface area contributed by atoms with Gasteiger partial charge in [0.05, 0.1) is 16.7 Å². The summed E-state index contributed by atoms with van der Waals surface area (Å²) in [6.45, 7) is 7.42. The molecule has 3 amide bonds. The third-order valence-corrected chi connectivity index (χ3v) is 6.80. The molecule has 0 saturated carbocycles. The summed E-state index contributed by atoms with van der Waals surface area (Å²) >= 11 is 7.49. The van der Waals surface area contributed by atoms with Gasteiger partial charge in [0.15, 0.2) is 0 Å². The molecule has 0 spiro atoms. The van der Waals surface area contributed by atoms with Crippen molar-refractivity contribution in [3.8, 4) is 0 Å². The maximum atomic E-state index is 12.9. The molecule has 6 nitrogen and oxygen atoms in total. The molecule has 2 aromatic rings. The molecular weight excluding hydrogens is 408 g/mol. The number of nitrogens with one attached hydrogen (secondary N) is 1. The zero-order valence-electron chi connectivity index (χ0n) is 17.3. The molecule has 3 rings (SSSR count). The molecule has 1 atom stereocenters. The number of likely N-dealkylation sites (tertiary alicyclic amines) is 1. The zero-order valence-corrected chi connectivity index (χ0v) is 18.9. The van der Waals surface area contributed by atoms with Crippen LogP contribution >= 0.6 is 22.9 Å². The number of carbonyl (C=O) groups is 2. The molecule has 156 valence electrons. The first-order valence-electron chi connectivity index (χ1n) is 9.75. The maximum absolute atomic E-state index is 12.9. The third-order valence-electron chi connectivity index (χ3n) is 5.32. The van der Waals surface area contributed by atoms with E-state index in [0.29, 0.717) is 24.5 Å². The summed E-state index contributed by atoms with van der Waals surface area (Å²) in [4.78, 5) is 34.2. The van der Waals surface area contributed by atoms with E-state index in [1.54, 1.807) is 11.9 Å². The molecule has 29 heavy (non-hydrogen) atoms. The third kappa shape index (κ3) is 5.08. The number of piperidine rings is 1. The molecule has 1 N–H and O–H groups in total. The highest BCUT2D eigenvalue weighted by molar-refractivity contribution is 7.13. The van der Waals surface area contributed by atoms with Crippen LogP contribution in [-0.2, 0) is 6.54 Å². The number of hydrogen-bond donors (Lipinski definition) is 1. The van der Waals surface area contributed by atoms with E-state index in [2.05, 4.69) is 10.3 Å². The van der Waals surface area contributed by atoms with Crippen molar-refractivity contribution in [3.05, 3.63) is 49.9 Å². The number of aryl methyl sites for hydroxylation is 3. The summed E-state index contributed by atoms with van der Waals surface area (Å²) < 4.78 is 0. The van der Waals surface area contributed by atoms with E-state index in [4.69, 9.17) is 11.6 Å². The van der Waals surface area contributed by atoms with E-state index in [0.717, 1.165) is 39.7 Å². The Labute approximate surface area is 180 Å². The van der Waals surface area contributed by atoms with E-state index >= 15 is 0 Å². The molecule has 1 aromatic heterocycles. The molecule has 1 aliphatic heterocycles. The van der Waals surface area contributed by atoms with E-state index in [1.165, 1.54) is 11.3 Å². The second-order valence-corrected chi connectivity index (χ2v) is 9.16. The molecule has 0 bridgehead atoms. The number of urea groups is 1. The van der Waals surface area contributed by atoms with Crippen molar-refractivity contribution in [1.82, 2.24) is 20.1 Å². The van der Waals surface area contributed by atoms with Crippen LogP contribution in [0.25, 0.3) is 0 Å². The topological polar surface area (TPSA) is 65.5 Å². The minimum Gasteiger partial charge on any atom is -0.336 e. The number of carbonyl (C=O) groups excluding carboxylic acids is 2. The van der Waals surface area contributed by atoms with Gasteiger partial charge in [-0.05, 0) is 50.8 Å². The van der Waals surface area contributed by atoms with E-state index in [-0.39, 0.29) is 18.0 Å². The fourth-order valence-electron chi connectivity index (χ4n) is 3.61. The Bertz CT molecular complexity index is 914. The lowest BCUT2D eigenvalue weighted by Crippen LogP contribution is -2.52. The van der Waals surface area contributed by atoms with Gasteiger partial charge in [-0.15, -0.1) is 11.3 Å². The molecule has 1 fully saturated rings. The standard InChI is InChI=1S/C21H27ClN4O2S/c1-13-10-16(7-8-18(13)22)11-23-21(28)25(4)17-6-5-9-26(12-17)20(27)19-14(2)24-15(3)29-19/h7-8,10,17H,5-6,9,11-12H2,1-4H3,(H,23,28). The summed E-state index contributed by atoms with van der Waals surface area (Å²) in [6.07, 6.45) is 1.76. The van der Waals surface area contributed by atoms with Crippen molar-refractivity contribution in [3.63, 3.8) is 0 Å². The number of amides is 3. The Balaban J connectivity index is 1.59. The molecule has 0 radical (unpaired) electrons. The number of benzene rings is 1. The lowest BCUT2D eigenvalue weighted by molar-refractivity contribution is 0.0640. The molecule has 1 aliphatic rings. The van der Waals surface area contributed by atoms with Crippen LogP contribution in [0.5, 0.6) is 0 Å². The van der Waals surface area contributed by atoms with Crippen molar-refractivity contribution in [2.45, 2.75) is 46.2 Å². The molecule has 8 heteroatoms. The van der Waals surface area contributed by atoms with Gasteiger partial charge in [-0.25, -0.2) is 9.78 Å². The normalized spacial score (nSPS) is 16.6. The number of aromatic nitrogens is 1. The minimum atomic E-state index is -0.137. The van der Waals surface area contributed by atoms with Crippen LogP contribution in [0.15, 0.2) is 18.2 Å². The average molecular weight is 435 g/mol. The van der Waals surface area contributed by atoms with Gasteiger partial charge in [-0.3, -0.25) is 4.79 Å².